The molecule has 0 atom stereocenters. The van der Waals surface area contributed by atoms with E-state index in [2.05, 4.69) is 27.7 Å². The fourth-order valence-electron chi connectivity index (χ4n) is 4.37. The van der Waals surface area contributed by atoms with Gasteiger partial charge in [0, 0.05) is 32.7 Å². The highest BCUT2D eigenvalue weighted by Crippen LogP contribution is 2.42. The smallest absolute Gasteiger partial charge is 0.134 e. The van der Waals surface area contributed by atoms with Gasteiger partial charge in [-0.15, -0.1) is 0 Å². The average Bonchev–Trinajstić information content (AvgIpc) is 3.30. The summed E-state index contributed by atoms with van der Waals surface area (Å²) in [4.78, 5) is 0. The lowest BCUT2D eigenvalue weighted by atomic mass is 9.72. The first-order valence-corrected chi connectivity index (χ1v) is 10.2. The van der Waals surface area contributed by atoms with Crippen LogP contribution in [0.2, 0.25) is 0 Å². The number of hydrogen-bond acceptors (Lipinski definition) is 4. The molecule has 0 spiro atoms. The van der Waals surface area contributed by atoms with Crippen LogP contribution in [0.4, 0.5) is 0 Å². The van der Waals surface area contributed by atoms with Crippen LogP contribution < -0.4 is 11.5 Å². The summed E-state index contributed by atoms with van der Waals surface area (Å²) in [6, 6.07) is 15.2. The number of rotatable bonds is 6. The van der Waals surface area contributed by atoms with Crippen molar-refractivity contribution in [2.24, 2.45) is 11.5 Å². The second-order valence-corrected chi connectivity index (χ2v) is 9.50. The Balaban J connectivity index is 1.66. The molecule has 0 amide bonds. The van der Waals surface area contributed by atoms with Crippen molar-refractivity contribution in [2.45, 2.75) is 44.9 Å². The largest absolute Gasteiger partial charge is 0.461 e. The Bertz CT molecular complexity index is 1220. The second kappa shape index (κ2) is 7.01. The Morgan fingerprint density at radius 3 is 1.45 bits per heavy atom. The second-order valence-electron chi connectivity index (χ2n) is 9.50. The molecule has 160 valence electrons. The van der Waals surface area contributed by atoms with Crippen LogP contribution in [0.15, 0.2) is 57.4 Å². The van der Waals surface area contributed by atoms with Gasteiger partial charge in [-0.25, -0.2) is 0 Å². The Morgan fingerprint density at radius 1 is 0.710 bits per heavy atom. The van der Waals surface area contributed by atoms with E-state index in [4.69, 9.17) is 31.1 Å². The van der Waals surface area contributed by atoms with Crippen LogP contribution in [-0.4, -0.2) is 11.7 Å². The van der Waals surface area contributed by atoms with Crippen LogP contribution in [0.1, 0.15) is 56.8 Å². The fourth-order valence-corrected chi connectivity index (χ4v) is 4.37. The summed E-state index contributed by atoms with van der Waals surface area (Å²) in [5.74, 6) is 1.85. The van der Waals surface area contributed by atoms with Gasteiger partial charge in [-0.2, -0.15) is 0 Å². The van der Waals surface area contributed by atoms with Crippen molar-refractivity contribution in [1.29, 1.82) is 10.8 Å². The Labute approximate surface area is 181 Å². The number of amidine groups is 2. The summed E-state index contributed by atoms with van der Waals surface area (Å²) in [6.07, 6.45) is 0.790. The van der Waals surface area contributed by atoms with E-state index in [1.54, 1.807) is 12.1 Å². The predicted octanol–water partition coefficient (Wildman–Crippen LogP) is 5.39. The molecule has 6 N–H and O–H groups in total. The number of furan rings is 2. The van der Waals surface area contributed by atoms with Gasteiger partial charge in [0.15, 0.2) is 0 Å². The zero-order valence-electron chi connectivity index (χ0n) is 18.3. The predicted molar refractivity (Wildman–Crippen MR) is 125 cm³/mol. The summed E-state index contributed by atoms with van der Waals surface area (Å²) < 4.78 is 12.3. The minimum absolute atomic E-state index is 0.0443. The maximum absolute atomic E-state index is 7.65. The van der Waals surface area contributed by atoms with Crippen molar-refractivity contribution in [3.8, 4) is 0 Å². The molecule has 0 aliphatic heterocycles. The van der Waals surface area contributed by atoms with E-state index in [9.17, 15) is 0 Å². The molecule has 0 saturated heterocycles. The standard InChI is InChI=1S/C25H28N4O2/c1-24(2,20-11-16-9-14(22(26)27)5-7-18(16)30-20)13-25(3,4)21-12-17-10-15(23(28)29)6-8-19(17)31-21/h5-12H,13H2,1-4H3,(H3,26,27)(H3,28,29). The number of nitrogen functional groups attached to an aromatic ring is 2. The summed E-state index contributed by atoms with van der Waals surface area (Å²) in [5.41, 5.74) is 13.7. The zero-order valence-corrected chi connectivity index (χ0v) is 18.3. The molecule has 2 aromatic heterocycles. The molecule has 0 saturated carbocycles. The van der Waals surface area contributed by atoms with Gasteiger partial charge in [-0.3, -0.25) is 10.8 Å². The minimum Gasteiger partial charge on any atom is -0.461 e. The SMILES string of the molecule is CC(C)(CC(C)(C)c1cc2cc(C(=N)N)ccc2o1)c1cc2cc(C(=N)N)ccc2o1. The molecule has 0 aliphatic rings. The van der Waals surface area contributed by atoms with Crippen molar-refractivity contribution in [3.05, 3.63) is 71.2 Å². The highest BCUT2D eigenvalue weighted by atomic mass is 16.3. The highest BCUT2D eigenvalue weighted by molar-refractivity contribution is 5.99. The first-order chi connectivity index (χ1) is 14.5. The van der Waals surface area contributed by atoms with Crippen molar-refractivity contribution in [3.63, 3.8) is 0 Å². The molecule has 31 heavy (non-hydrogen) atoms. The third kappa shape index (κ3) is 3.81. The van der Waals surface area contributed by atoms with Crippen LogP contribution >= 0.6 is 0 Å². The molecule has 0 fully saturated rings. The van der Waals surface area contributed by atoms with E-state index in [1.165, 1.54) is 0 Å². The maximum atomic E-state index is 7.65. The van der Waals surface area contributed by atoms with E-state index < -0.39 is 0 Å². The third-order valence-corrected chi connectivity index (χ3v) is 5.87. The molecule has 0 bridgehead atoms. The lowest BCUT2D eigenvalue weighted by Crippen LogP contribution is -2.29. The van der Waals surface area contributed by atoms with Gasteiger partial charge in [-0.05, 0) is 55.0 Å². The van der Waals surface area contributed by atoms with Crippen LogP contribution in [0, 0.1) is 10.8 Å². The quantitative estimate of drug-likeness (QED) is 0.248. The fraction of sp³-hybridized carbons (Fsp3) is 0.280. The summed E-state index contributed by atoms with van der Waals surface area (Å²) in [7, 11) is 0. The summed E-state index contributed by atoms with van der Waals surface area (Å²) in [5, 5.41) is 17.2. The van der Waals surface area contributed by atoms with Crippen LogP contribution in [0.5, 0.6) is 0 Å². The van der Waals surface area contributed by atoms with Crippen LogP contribution in [0.25, 0.3) is 21.9 Å². The average molecular weight is 417 g/mol. The number of nitrogens with two attached hydrogens (primary N) is 2. The summed E-state index contributed by atoms with van der Waals surface area (Å²) in [6.45, 7) is 8.65. The van der Waals surface area contributed by atoms with E-state index in [1.807, 2.05) is 36.4 Å². The molecule has 2 heterocycles. The van der Waals surface area contributed by atoms with Crippen molar-refractivity contribution in [2.75, 3.05) is 0 Å². The molecule has 6 nitrogen and oxygen atoms in total. The van der Waals surface area contributed by atoms with Crippen LogP contribution in [0.3, 0.4) is 0 Å². The topological polar surface area (TPSA) is 126 Å². The van der Waals surface area contributed by atoms with Gasteiger partial charge < -0.3 is 20.3 Å². The number of hydrogen-bond donors (Lipinski definition) is 4. The lowest BCUT2D eigenvalue weighted by molar-refractivity contribution is 0.275. The summed E-state index contributed by atoms with van der Waals surface area (Å²) >= 11 is 0. The normalized spacial score (nSPS) is 12.5. The van der Waals surface area contributed by atoms with Crippen molar-refractivity contribution >= 4 is 33.6 Å². The van der Waals surface area contributed by atoms with Crippen molar-refractivity contribution in [1.82, 2.24) is 0 Å². The van der Waals surface area contributed by atoms with Crippen LogP contribution in [-0.2, 0) is 10.8 Å². The number of benzene rings is 2. The molecule has 0 unspecified atom stereocenters. The molecule has 2 aromatic carbocycles. The van der Waals surface area contributed by atoms with Gasteiger partial charge in [0.2, 0.25) is 0 Å². The van der Waals surface area contributed by atoms with E-state index in [0.29, 0.717) is 11.1 Å². The number of fused-ring (bicyclic) bond motifs is 2. The van der Waals surface area contributed by atoms with E-state index >= 15 is 0 Å². The van der Waals surface area contributed by atoms with Gasteiger partial charge >= 0.3 is 0 Å². The monoisotopic (exact) mass is 416 g/mol. The Kier molecular flexibility index (Phi) is 4.69. The van der Waals surface area contributed by atoms with Gasteiger partial charge in [0.25, 0.3) is 0 Å². The molecule has 4 rings (SSSR count). The lowest BCUT2D eigenvalue weighted by Gasteiger charge is -2.32. The molecule has 6 heteroatoms. The van der Waals surface area contributed by atoms with Gasteiger partial charge in [-0.1, -0.05) is 27.7 Å². The Morgan fingerprint density at radius 2 is 1.10 bits per heavy atom. The van der Waals surface area contributed by atoms with Gasteiger partial charge in [0.05, 0.1) is 0 Å². The van der Waals surface area contributed by atoms with E-state index in [-0.39, 0.29) is 22.5 Å². The van der Waals surface area contributed by atoms with Gasteiger partial charge in [0.1, 0.15) is 34.4 Å². The molecular formula is C25H28N4O2. The Hall–Kier alpha value is -3.54. The first kappa shape index (κ1) is 20.7. The van der Waals surface area contributed by atoms with E-state index in [0.717, 1.165) is 39.9 Å². The molecule has 4 aromatic rings. The number of nitrogens with one attached hydrogen (secondary N) is 2. The van der Waals surface area contributed by atoms with Crippen molar-refractivity contribution < 1.29 is 8.83 Å². The third-order valence-electron chi connectivity index (χ3n) is 5.87. The molecule has 0 aliphatic carbocycles. The minimum atomic E-state index is -0.261. The first-order valence-electron chi connectivity index (χ1n) is 10.2. The molecule has 0 radical (unpaired) electrons. The molecular weight excluding hydrogens is 388 g/mol. The zero-order chi connectivity index (χ0) is 22.6. The highest BCUT2D eigenvalue weighted by Gasteiger charge is 2.36. The maximum Gasteiger partial charge on any atom is 0.134 e.